The second-order valence-corrected chi connectivity index (χ2v) is 6.22. The maximum atomic E-state index is 12.4. The Kier molecular flexibility index (Phi) is 4.84. The molecule has 0 saturated carbocycles. The number of carbonyl (C=O) groups excluding carboxylic acids is 1. The summed E-state index contributed by atoms with van der Waals surface area (Å²) in [6.45, 7) is 1.50. The number of halogens is 1. The van der Waals surface area contributed by atoms with E-state index in [0.717, 1.165) is 9.13 Å². The third-order valence-electron chi connectivity index (χ3n) is 3.32. The molecule has 2 rings (SSSR count). The first-order chi connectivity index (χ1) is 9.96. The summed E-state index contributed by atoms with van der Waals surface area (Å²) < 4.78 is 0.848. The zero-order chi connectivity index (χ0) is 15.5. The first-order valence-electron chi connectivity index (χ1n) is 6.44. The highest BCUT2D eigenvalue weighted by Gasteiger charge is 2.29. The Morgan fingerprint density at radius 2 is 1.90 bits per heavy atom. The molecule has 1 atom stereocenters. The number of phenols is 1. The number of amides is 1. The smallest absolute Gasteiger partial charge is 0.255 e. The van der Waals surface area contributed by atoms with Crippen molar-refractivity contribution in [2.75, 3.05) is 6.61 Å². The Labute approximate surface area is 137 Å². The second kappa shape index (κ2) is 6.44. The highest BCUT2D eigenvalue weighted by Crippen LogP contribution is 2.24. The molecule has 110 valence electrons. The van der Waals surface area contributed by atoms with Crippen LogP contribution in [0.3, 0.4) is 0 Å². The van der Waals surface area contributed by atoms with Crippen molar-refractivity contribution in [3.63, 3.8) is 0 Å². The Morgan fingerprint density at radius 1 is 1.24 bits per heavy atom. The monoisotopic (exact) mass is 397 g/mol. The van der Waals surface area contributed by atoms with Crippen LogP contribution in [0.1, 0.15) is 22.8 Å². The Hall–Kier alpha value is -1.60. The molecule has 1 unspecified atom stereocenters. The maximum absolute atomic E-state index is 12.4. The molecule has 4 nitrogen and oxygen atoms in total. The minimum atomic E-state index is -0.911. The van der Waals surface area contributed by atoms with Crippen molar-refractivity contribution in [2.24, 2.45) is 0 Å². The highest BCUT2D eigenvalue weighted by atomic mass is 127. The first-order valence-corrected chi connectivity index (χ1v) is 7.51. The van der Waals surface area contributed by atoms with Gasteiger partial charge in [0.25, 0.3) is 5.91 Å². The lowest BCUT2D eigenvalue weighted by molar-refractivity contribution is 0.0847. The predicted octanol–water partition coefficient (Wildman–Crippen LogP) is 2.63. The molecule has 2 aromatic rings. The molecule has 0 radical (unpaired) electrons. The molecule has 0 aliphatic carbocycles. The van der Waals surface area contributed by atoms with Crippen LogP contribution < -0.4 is 5.32 Å². The van der Waals surface area contributed by atoms with E-state index >= 15 is 0 Å². The van der Waals surface area contributed by atoms with Crippen molar-refractivity contribution >= 4 is 28.5 Å². The molecule has 1 amide bonds. The van der Waals surface area contributed by atoms with Crippen molar-refractivity contribution in [1.29, 1.82) is 0 Å². The van der Waals surface area contributed by atoms with Crippen LogP contribution in [0.5, 0.6) is 5.75 Å². The molecule has 0 aliphatic rings. The standard InChI is InChI=1S/C16H16INO3/c1-16(10-19,11-5-3-2-4-6-11)18-15(21)13-9-12(17)7-8-14(13)20/h2-9,19-20H,10H2,1H3,(H,18,21). The number of phenolic OH excluding ortho intramolecular Hbond substituents is 1. The summed E-state index contributed by atoms with van der Waals surface area (Å²) in [6, 6.07) is 14.0. The summed E-state index contributed by atoms with van der Waals surface area (Å²) in [4.78, 5) is 12.4. The van der Waals surface area contributed by atoms with Crippen LogP contribution in [-0.2, 0) is 5.54 Å². The number of aliphatic hydroxyl groups excluding tert-OH is 1. The van der Waals surface area contributed by atoms with Crippen molar-refractivity contribution < 1.29 is 15.0 Å². The van der Waals surface area contributed by atoms with Crippen LogP contribution in [-0.4, -0.2) is 22.7 Å². The van der Waals surface area contributed by atoms with Gasteiger partial charge in [-0.25, -0.2) is 0 Å². The van der Waals surface area contributed by atoms with Crippen LogP contribution in [0.4, 0.5) is 0 Å². The lowest BCUT2D eigenvalue weighted by atomic mass is 9.92. The first kappa shape index (κ1) is 15.8. The van der Waals surface area contributed by atoms with Gasteiger partial charge in [0.1, 0.15) is 5.75 Å². The molecule has 0 fully saturated rings. The molecule has 0 aliphatic heterocycles. The molecule has 0 spiro atoms. The molecule has 0 aromatic heterocycles. The number of nitrogens with one attached hydrogen (secondary N) is 1. The summed E-state index contributed by atoms with van der Waals surface area (Å²) in [5.41, 5.74) is 0.0787. The quantitative estimate of drug-likeness (QED) is 0.695. The van der Waals surface area contributed by atoms with E-state index in [9.17, 15) is 15.0 Å². The fourth-order valence-corrected chi connectivity index (χ4v) is 2.51. The molecule has 2 aromatic carbocycles. The van der Waals surface area contributed by atoms with Crippen LogP contribution in [0.25, 0.3) is 0 Å². The summed E-state index contributed by atoms with van der Waals surface area (Å²) >= 11 is 2.07. The van der Waals surface area contributed by atoms with Gasteiger partial charge in [-0.2, -0.15) is 0 Å². The van der Waals surface area contributed by atoms with Crippen molar-refractivity contribution in [3.8, 4) is 5.75 Å². The minimum Gasteiger partial charge on any atom is -0.507 e. The number of hydrogen-bond acceptors (Lipinski definition) is 3. The van der Waals surface area contributed by atoms with Gasteiger partial charge in [0.2, 0.25) is 0 Å². The van der Waals surface area contributed by atoms with E-state index in [2.05, 4.69) is 27.9 Å². The molecular formula is C16H16INO3. The van der Waals surface area contributed by atoms with Gasteiger partial charge < -0.3 is 15.5 Å². The summed E-state index contributed by atoms with van der Waals surface area (Å²) in [7, 11) is 0. The number of carbonyl (C=O) groups is 1. The summed E-state index contributed by atoms with van der Waals surface area (Å²) in [5.74, 6) is -0.507. The van der Waals surface area contributed by atoms with E-state index < -0.39 is 11.4 Å². The Balaban J connectivity index is 2.30. The van der Waals surface area contributed by atoms with Crippen LogP contribution in [0.2, 0.25) is 0 Å². The van der Waals surface area contributed by atoms with E-state index in [1.807, 2.05) is 30.3 Å². The zero-order valence-electron chi connectivity index (χ0n) is 11.5. The van der Waals surface area contributed by atoms with Gasteiger partial charge in [-0.1, -0.05) is 30.3 Å². The lowest BCUT2D eigenvalue weighted by Gasteiger charge is -2.29. The van der Waals surface area contributed by atoms with Crippen LogP contribution in [0.15, 0.2) is 48.5 Å². The minimum absolute atomic E-state index is 0.0822. The number of hydrogen-bond donors (Lipinski definition) is 3. The average molecular weight is 397 g/mol. The SMILES string of the molecule is CC(CO)(NC(=O)c1cc(I)ccc1O)c1ccccc1. The van der Waals surface area contributed by atoms with Gasteiger partial charge in [-0.05, 0) is 53.3 Å². The fraction of sp³-hybridized carbons (Fsp3) is 0.188. The van der Waals surface area contributed by atoms with Gasteiger partial charge in [0.15, 0.2) is 0 Å². The largest absolute Gasteiger partial charge is 0.507 e. The Bertz CT molecular complexity index is 645. The van der Waals surface area contributed by atoms with E-state index in [1.54, 1.807) is 19.1 Å². The molecule has 0 heterocycles. The summed E-state index contributed by atoms with van der Waals surface area (Å²) in [5, 5.41) is 22.3. The molecule has 0 saturated heterocycles. The van der Waals surface area contributed by atoms with Crippen molar-refractivity contribution in [3.05, 3.63) is 63.2 Å². The van der Waals surface area contributed by atoms with E-state index in [1.165, 1.54) is 6.07 Å². The Morgan fingerprint density at radius 3 is 2.52 bits per heavy atom. The number of benzene rings is 2. The van der Waals surface area contributed by atoms with Gasteiger partial charge in [-0.15, -0.1) is 0 Å². The second-order valence-electron chi connectivity index (χ2n) is 4.97. The van der Waals surface area contributed by atoms with E-state index in [0.29, 0.717) is 0 Å². The normalized spacial score (nSPS) is 13.5. The van der Waals surface area contributed by atoms with Crippen molar-refractivity contribution in [1.82, 2.24) is 5.32 Å². The third kappa shape index (κ3) is 3.54. The predicted molar refractivity (Wildman–Crippen MR) is 89.2 cm³/mol. The van der Waals surface area contributed by atoms with Gasteiger partial charge in [0.05, 0.1) is 17.7 Å². The van der Waals surface area contributed by atoms with E-state index in [-0.39, 0.29) is 17.9 Å². The topological polar surface area (TPSA) is 69.6 Å². The van der Waals surface area contributed by atoms with Crippen LogP contribution >= 0.6 is 22.6 Å². The van der Waals surface area contributed by atoms with Gasteiger partial charge >= 0.3 is 0 Å². The highest BCUT2D eigenvalue weighted by molar-refractivity contribution is 14.1. The molecule has 5 heteroatoms. The summed E-state index contributed by atoms with van der Waals surface area (Å²) in [6.07, 6.45) is 0. The third-order valence-corrected chi connectivity index (χ3v) is 3.99. The van der Waals surface area contributed by atoms with Crippen LogP contribution in [0, 0.1) is 3.57 Å². The van der Waals surface area contributed by atoms with E-state index in [4.69, 9.17) is 0 Å². The molecule has 3 N–H and O–H groups in total. The lowest BCUT2D eigenvalue weighted by Crippen LogP contribution is -2.46. The number of rotatable bonds is 4. The number of aliphatic hydroxyl groups is 1. The average Bonchev–Trinajstić information content (AvgIpc) is 2.50. The molecular weight excluding hydrogens is 381 g/mol. The maximum Gasteiger partial charge on any atom is 0.255 e. The number of aromatic hydroxyl groups is 1. The molecule has 21 heavy (non-hydrogen) atoms. The fourth-order valence-electron chi connectivity index (χ4n) is 2.02. The van der Waals surface area contributed by atoms with Gasteiger partial charge in [0, 0.05) is 3.57 Å². The molecule has 0 bridgehead atoms. The zero-order valence-corrected chi connectivity index (χ0v) is 13.7. The van der Waals surface area contributed by atoms with Crippen molar-refractivity contribution in [2.45, 2.75) is 12.5 Å². The van der Waals surface area contributed by atoms with Gasteiger partial charge in [-0.3, -0.25) is 4.79 Å².